The van der Waals surface area contributed by atoms with Crippen LogP contribution in [0.1, 0.15) is 33.8 Å². The van der Waals surface area contributed by atoms with Crippen LogP contribution in [0.15, 0.2) is 60.0 Å². The van der Waals surface area contributed by atoms with Crippen molar-refractivity contribution in [3.05, 3.63) is 87.6 Å². The molecule has 33 heavy (non-hydrogen) atoms. The molecule has 172 valence electrons. The molecule has 2 heterocycles. The SMILES string of the molecule is CCN(CC(=O)N1CCc2sccc2C1COc1cccc(F)c1)C(=O)c1ccc(F)cc1. The van der Waals surface area contributed by atoms with Crippen LogP contribution in [0.4, 0.5) is 8.78 Å². The summed E-state index contributed by atoms with van der Waals surface area (Å²) in [6.07, 6.45) is 0.729. The maximum Gasteiger partial charge on any atom is 0.254 e. The lowest BCUT2D eigenvalue weighted by Crippen LogP contribution is -2.47. The predicted octanol–water partition coefficient (Wildman–Crippen LogP) is 4.69. The van der Waals surface area contributed by atoms with Gasteiger partial charge in [-0.15, -0.1) is 11.3 Å². The number of fused-ring (bicyclic) bond motifs is 1. The largest absolute Gasteiger partial charge is 0.491 e. The van der Waals surface area contributed by atoms with Crippen molar-refractivity contribution in [2.75, 3.05) is 26.2 Å². The minimum atomic E-state index is -0.424. The molecule has 0 fully saturated rings. The molecule has 0 saturated heterocycles. The van der Waals surface area contributed by atoms with Gasteiger partial charge in [0.15, 0.2) is 0 Å². The number of amides is 2. The van der Waals surface area contributed by atoms with Gasteiger partial charge in [0.2, 0.25) is 5.91 Å². The number of likely N-dealkylation sites (N-methyl/N-ethyl adjacent to an activating group) is 1. The number of benzene rings is 2. The van der Waals surface area contributed by atoms with Crippen LogP contribution in [0.2, 0.25) is 0 Å². The highest BCUT2D eigenvalue weighted by Crippen LogP contribution is 2.34. The number of carbonyl (C=O) groups excluding carboxylic acids is 2. The Hall–Kier alpha value is -3.26. The minimum absolute atomic E-state index is 0.0946. The Balaban J connectivity index is 1.50. The molecule has 1 aliphatic rings. The van der Waals surface area contributed by atoms with Crippen LogP contribution >= 0.6 is 11.3 Å². The van der Waals surface area contributed by atoms with Crippen molar-refractivity contribution in [1.29, 1.82) is 0 Å². The van der Waals surface area contributed by atoms with Crippen LogP contribution in [0.5, 0.6) is 5.75 Å². The molecule has 0 aliphatic carbocycles. The number of halogens is 2. The number of carbonyl (C=O) groups is 2. The average molecular weight is 471 g/mol. The van der Waals surface area contributed by atoms with Gasteiger partial charge in [-0.3, -0.25) is 9.59 Å². The standard InChI is InChI=1S/C25H24F2N2O3S/c1-2-28(25(31)17-6-8-18(26)9-7-17)15-24(30)29-12-10-23-21(11-13-33-23)22(29)16-32-20-5-3-4-19(27)14-20/h3-9,11,13-14,22H,2,10,12,15-16H2,1H3. The molecule has 0 bridgehead atoms. The van der Waals surface area contributed by atoms with E-state index in [4.69, 9.17) is 4.74 Å². The zero-order valence-electron chi connectivity index (χ0n) is 18.2. The fourth-order valence-corrected chi connectivity index (χ4v) is 4.89. The summed E-state index contributed by atoms with van der Waals surface area (Å²) in [5.41, 5.74) is 1.35. The third-order valence-corrected chi connectivity index (χ3v) is 6.70. The van der Waals surface area contributed by atoms with E-state index in [1.165, 1.54) is 46.2 Å². The maximum absolute atomic E-state index is 13.5. The molecule has 5 nitrogen and oxygen atoms in total. The molecular weight excluding hydrogens is 446 g/mol. The van der Waals surface area contributed by atoms with Crippen molar-refractivity contribution >= 4 is 23.2 Å². The van der Waals surface area contributed by atoms with Crippen molar-refractivity contribution < 1.29 is 23.1 Å². The Labute approximate surface area is 195 Å². The van der Waals surface area contributed by atoms with Gasteiger partial charge in [-0.2, -0.15) is 0 Å². The number of hydrogen-bond acceptors (Lipinski definition) is 4. The minimum Gasteiger partial charge on any atom is -0.491 e. The Morgan fingerprint density at radius 2 is 1.91 bits per heavy atom. The van der Waals surface area contributed by atoms with E-state index in [0.717, 1.165) is 12.0 Å². The molecular formula is C25H24F2N2O3S. The second-order valence-electron chi connectivity index (χ2n) is 7.75. The number of ether oxygens (including phenoxy) is 1. The smallest absolute Gasteiger partial charge is 0.254 e. The lowest BCUT2D eigenvalue weighted by molar-refractivity contribution is -0.135. The second kappa shape index (κ2) is 10.1. The number of nitrogens with zero attached hydrogens (tertiary/aromatic N) is 2. The molecule has 0 radical (unpaired) electrons. The molecule has 1 atom stereocenters. The predicted molar refractivity (Wildman–Crippen MR) is 122 cm³/mol. The maximum atomic E-state index is 13.5. The molecule has 4 rings (SSSR count). The van der Waals surface area contributed by atoms with Gasteiger partial charge in [-0.25, -0.2) is 8.78 Å². The van der Waals surface area contributed by atoms with Crippen LogP contribution in [0.25, 0.3) is 0 Å². The Bertz CT molecular complexity index is 1130. The molecule has 1 unspecified atom stereocenters. The molecule has 2 amide bonds. The average Bonchev–Trinajstić information content (AvgIpc) is 3.30. The van der Waals surface area contributed by atoms with E-state index in [1.807, 2.05) is 11.4 Å². The highest BCUT2D eigenvalue weighted by molar-refractivity contribution is 7.10. The summed E-state index contributed by atoms with van der Waals surface area (Å²) in [4.78, 5) is 30.6. The summed E-state index contributed by atoms with van der Waals surface area (Å²) in [6, 6.07) is 12.8. The highest BCUT2D eigenvalue weighted by Gasteiger charge is 2.33. The van der Waals surface area contributed by atoms with Gasteiger partial charge < -0.3 is 14.5 Å². The van der Waals surface area contributed by atoms with E-state index < -0.39 is 11.6 Å². The van der Waals surface area contributed by atoms with Crippen LogP contribution in [0, 0.1) is 11.6 Å². The van der Waals surface area contributed by atoms with Crippen molar-refractivity contribution in [3.63, 3.8) is 0 Å². The molecule has 8 heteroatoms. The topological polar surface area (TPSA) is 49.9 Å². The zero-order valence-corrected chi connectivity index (χ0v) is 19.0. The fraction of sp³-hybridized carbons (Fsp3) is 0.280. The van der Waals surface area contributed by atoms with E-state index in [0.29, 0.717) is 24.4 Å². The van der Waals surface area contributed by atoms with E-state index in [9.17, 15) is 18.4 Å². The quantitative estimate of drug-likeness (QED) is 0.503. The van der Waals surface area contributed by atoms with E-state index in [2.05, 4.69) is 0 Å². The van der Waals surface area contributed by atoms with Crippen molar-refractivity contribution in [3.8, 4) is 5.75 Å². The van der Waals surface area contributed by atoms with Crippen molar-refractivity contribution in [1.82, 2.24) is 9.80 Å². The van der Waals surface area contributed by atoms with Gasteiger partial charge in [0.05, 0.1) is 6.04 Å². The summed E-state index contributed by atoms with van der Waals surface area (Å²) in [5.74, 6) is -0.944. The van der Waals surface area contributed by atoms with Gasteiger partial charge in [-0.05, 0) is 66.8 Å². The normalized spacial score (nSPS) is 15.1. The van der Waals surface area contributed by atoms with Crippen LogP contribution in [-0.4, -0.2) is 47.9 Å². The Morgan fingerprint density at radius 3 is 2.64 bits per heavy atom. The third kappa shape index (κ3) is 5.22. The summed E-state index contributed by atoms with van der Waals surface area (Å²) in [5, 5.41) is 1.99. The molecule has 1 aliphatic heterocycles. The van der Waals surface area contributed by atoms with Crippen molar-refractivity contribution in [2.45, 2.75) is 19.4 Å². The highest BCUT2D eigenvalue weighted by atomic mass is 32.1. The van der Waals surface area contributed by atoms with Crippen LogP contribution < -0.4 is 4.74 Å². The Kier molecular flexibility index (Phi) is 7.03. The molecule has 0 spiro atoms. The summed E-state index contributed by atoms with van der Waals surface area (Å²) in [6.45, 7) is 2.72. The summed E-state index contributed by atoms with van der Waals surface area (Å²) in [7, 11) is 0. The molecule has 3 aromatic rings. The summed E-state index contributed by atoms with van der Waals surface area (Å²) >= 11 is 1.64. The molecule has 0 N–H and O–H groups in total. The fourth-order valence-electron chi connectivity index (χ4n) is 3.96. The number of rotatable bonds is 7. The van der Waals surface area contributed by atoms with Crippen LogP contribution in [-0.2, 0) is 11.2 Å². The third-order valence-electron chi connectivity index (χ3n) is 5.71. The molecule has 2 aromatic carbocycles. The number of thiophene rings is 1. The lowest BCUT2D eigenvalue weighted by Gasteiger charge is -2.37. The molecule has 1 aromatic heterocycles. The van der Waals surface area contributed by atoms with Crippen LogP contribution in [0.3, 0.4) is 0 Å². The van der Waals surface area contributed by atoms with E-state index >= 15 is 0 Å². The first-order chi connectivity index (χ1) is 16.0. The van der Waals surface area contributed by atoms with Gasteiger partial charge in [0, 0.05) is 29.6 Å². The number of hydrogen-bond donors (Lipinski definition) is 0. The molecule has 0 saturated carbocycles. The van der Waals surface area contributed by atoms with E-state index in [1.54, 1.807) is 35.3 Å². The second-order valence-corrected chi connectivity index (χ2v) is 8.75. The zero-order chi connectivity index (χ0) is 23.4. The monoisotopic (exact) mass is 470 g/mol. The van der Waals surface area contributed by atoms with Gasteiger partial charge in [0.25, 0.3) is 5.91 Å². The Morgan fingerprint density at radius 1 is 1.12 bits per heavy atom. The summed E-state index contributed by atoms with van der Waals surface area (Å²) < 4.78 is 32.6. The van der Waals surface area contributed by atoms with Gasteiger partial charge in [0.1, 0.15) is 30.5 Å². The van der Waals surface area contributed by atoms with Gasteiger partial charge >= 0.3 is 0 Å². The van der Waals surface area contributed by atoms with Gasteiger partial charge in [-0.1, -0.05) is 6.07 Å². The first-order valence-corrected chi connectivity index (χ1v) is 11.6. The van der Waals surface area contributed by atoms with E-state index in [-0.39, 0.29) is 31.0 Å². The van der Waals surface area contributed by atoms with Crippen molar-refractivity contribution in [2.24, 2.45) is 0 Å². The first kappa shape index (κ1) is 22.9. The lowest BCUT2D eigenvalue weighted by atomic mass is 10.0. The first-order valence-electron chi connectivity index (χ1n) is 10.7.